The summed E-state index contributed by atoms with van der Waals surface area (Å²) in [6.45, 7) is 3.35. The van der Waals surface area contributed by atoms with Crippen LogP contribution in [0.4, 0.5) is 0 Å². The third-order valence-electron chi connectivity index (χ3n) is 3.12. The molecule has 1 aliphatic heterocycles. The van der Waals surface area contributed by atoms with Crippen molar-refractivity contribution in [2.45, 2.75) is 51.2 Å². The van der Waals surface area contributed by atoms with Crippen LogP contribution in [0.1, 0.15) is 45.4 Å². The first kappa shape index (κ1) is 14.3. The van der Waals surface area contributed by atoms with Crippen molar-refractivity contribution in [1.29, 1.82) is 0 Å². The molecule has 1 atom stereocenters. The molecule has 1 aliphatic carbocycles. The Morgan fingerprint density at radius 1 is 1.29 bits per heavy atom. The lowest BCUT2D eigenvalue weighted by molar-refractivity contribution is -0.186. The predicted molar refractivity (Wildman–Crippen MR) is 63.6 cm³/mol. The summed E-state index contributed by atoms with van der Waals surface area (Å²) in [5, 5.41) is 0. The number of carbonyl (C=O) groups excluding carboxylic acids is 2. The summed E-state index contributed by atoms with van der Waals surface area (Å²) in [6.07, 6.45) is 7.41. The van der Waals surface area contributed by atoms with Gasteiger partial charge in [-0.25, -0.2) is 0 Å². The van der Waals surface area contributed by atoms with Crippen LogP contribution in [0.3, 0.4) is 0 Å². The second-order valence-corrected chi connectivity index (χ2v) is 4.56. The van der Waals surface area contributed by atoms with Crippen LogP contribution in [0.2, 0.25) is 0 Å². The standard InChI is InChI=1S/C9H14O3.C4H8O/c10-7-8-2-1-3-9(6-8)11-4-5-12-9;1-2-3-4-5/h7-8H,1-6H2;4H,2-3H2,1H3. The Bertz CT molecular complexity index is 234. The van der Waals surface area contributed by atoms with Crippen molar-refractivity contribution in [2.24, 2.45) is 5.92 Å². The van der Waals surface area contributed by atoms with Crippen LogP contribution in [0.5, 0.6) is 0 Å². The summed E-state index contributed by atoms with van der Waals surface area (Å²) in [7, 11) is 0. The zero-order chi connectivity index (χ0) is 12.6. The van der Waals surface area contributed by atoms with E-state index < -0.39 is 0 Å². The maximum atomic E-state index is 10.6. The molecule has 0 radical (unpaired) electrons. The number of aldehydes is 2. The first-order chi connectivity index (χ1) is 8.26. The van der Waals surface area contributed by atoms with E-state index in [0.717, 1.165) is 44.7 Å². The van der Waals surface area contributed by atoms with Crippen molar-refractivity contribution in [3.8, 4) is 0 Å². The Labute approximate surface area is 103 Å². The highest BCUT2D eigenvalue weighted by molar-refractivity contribution is 5.53. The number of hydrogen-bond acceptors (Lipinski definition) is 4. The summed E-state index contributed by atoms with van der Waals surface area (Å²) < 4.78 is 11.1. The van der Waals surface area contributed by atoms with Crippen LogP contribution in [0.15, 0.2) is 0 Å². The van der Waals surface area contributed by atoms with Crippen molar-refractivity contribution in [3.05, 3.63) is 0 Å². The van der Waals surface area contributed by atoms with E-state index in [2.05, 4.69) is 0 Å². The molecular formula is C13H22O4. The third kappa shape index (κ3) is 4.56. The Hall–Kier alpha value is -0.740. The fourth-order valence-corrected chi connectivity index (χ4v) is 2.23. The zero-order valence-corrected chi connectivity index (χ0v) is 10.5. The number of ether oxygens (including phenoxy) is 2. The van der Waals surface area contributed by atoms with Crippen LogP contribution in [0, 0.1) is 5.92 Å². The summed E-state index contributed by atoms with van der Waals surface area (Å²) in [5.74, 6) is -0.235. The largest absolute Gasteiger partial charge is 0.348 e. The Balaban J connectivity index is 0.000000249. The lowest BCUT2D eigenvalue weighted by atomic mass is 9.86. The van der Waals surface area contributed by atoms with Gasteiger partial charge in [0.25, 0.3) is 0 Å². The fraction of sp³-hybridized carbons (Fsp3) is 0.846. The highest BCUT2D eigenvalue weighted by Crippen LogP contribution is 2.37. The maximum absolute atomic E-state index is 10.6. The number of rotatable bonds is 3. The van der Waals surface area contributed by atoms with Gasteiger partial charge in [-0.2, -0.15) is 0 Å². The van der Waals surface area contributed by atoms with Gasteiger partial charge in [-0.3, -0.25) is 0 Å². The van der Waals surface area contributed by atoms with Gasteiger partial charge in [0, 0.05) is 25.2 Å². The molecule has 0 bridgehead atoms. The molecule has 0 amide bonds. The van der Waals surface area contributed by atoms with E-state index in [1.807, 2.05) is 6.92 Å². The maximum Gasteiger partial charge on any atom is 0.169 e. The molecule has 4 nitrogen and oxygen atoms in total. The number of hydrogen-bond donors (Lipinski definition) is 0. The van der Waals surface area contributed by atoms with Crippen LogP contribution in [0.25, 0.3) is 0 Å². The molecule has 2 fully saturated rings. The van der Waals surface area contributed by atoms with Gasteiger partial charge in [0.1, 0.15) is 12.6 Å². The third-order valence-corrected chi connectivity index (χ3v) is 3.12. The van der Waals surface area contributed by atoms with Gasteiger partial charge in [0.05, 0.1) is 13.2 Å². The van der Waals surface area contributed by atoms with Gasteiger partial charge in [-0.15, -0.1) is 0 Å². The Morgan fingerprint density at radius 3 is 2.47 bits per heavy atom. The van der Waals surface area contributed by atoms with E-state index in [4.69, 9.17) is 9.47 Å². The van der Waals surface area contributed by atoms with Crippen molar-refractivity contribution in [2.75, 3.05) is 13.2 Å². The van der Waals surface area contributed by atoms with E-state index >= 15 is 0 Å². The first-order valence-corrected chi connectivity index (χ1v) is 6.43. The van der Waals surface area contributed by atoms with E-state index in [-0.39, 0.29) is 11.7 Å². The van der Waals surface area contributed by atoms with E-state index in [1.54, 1.807) is 0 Å². The molecule has 0 N–H and O–H groups in total. The van der Waals surface area contributed by atoms with Gasteiger partial charge in [-0.05, 0) is 19.3 Å². The van der Waals surface area contributed by atoms with Gasteiger partial charge in [0.15, 0.2) is 5.79 Å². The molecule has 1 saturated carbocycles. The van der Waals surface area contributed by atoms with Crippen molar-refractivity contribution >= 4 is 12.6 Å². The van der Waals surface area contributed by atoms with Gasteiger partial charge < -0.3 is 19.1 Å². The molecule has 0 aromatic rings. The summed E-state index contributed by atoms with van der Waals surface area (Å²) in [5.41, 5.74) is 0. The molecule has 17 heavy (non-hydrogen) atoms. The van der Waals surface area contributed by atoms with Crippen molar-refractivity contribution in [1.82, 2.24) is 0 Å². The molecule has 2 rings (SSSR count). The lowest BCUT2D eigenvalue weighted by Crippen LogP contribution is -2.36. The minimum atomic E-state index is -0.385. The van der Waals surface area contributed by atoms with E-state index in [9.17, 15) is 9.59 Å². The van der Waals surface area contributed by atoms with Crippen LogP contribution in [-0.4, -0.2) is 31.6 Å². The summed E-state index contributed by atoms with van der Waals surface area (Å²) >= 11 is 0. The van der Waals surface area contributed by atoms with Crippen LogP contribution >= 0.6 is 0 Å². The van der Waals surface area contributed by atoms with Crippen molar-refractivity contribution in [3.63, 3.8) is 0 Å². The molecule has 2 aliphatic rings. The highest BCUT2D eigenvalue weighted by atomic mass is 16.7. The minimum absolute atomic E-state index is 0.150. The number of carbonyl (C=O) groups is 2. The van der Waals surface area contributed by atoms with Crippen LogP contribution in [-0.2, 0) is 19.1 Å². The monoisotopic (exact) mass is 242 g/mol. The van der Waals surface area contributed by atoms with Crippen LogP contribution < -0.4 is 0 Å². The average molecular weight is 242 g/mol. The Morgan fingerprint density at radius 2 is 2.00 bits per heavy atom. The minimum Gasteiger partial charge on any atom is -0.348 e. The number of unbranched alkanes of at least 4 members (excludes halogenated alkanes) is 1. The Kier molecular flexibility index (Phi) is 6.37. The molecule has 1 saturated heterocycles. The summed E-state index contributed by atoms with van der Waals surface area (Å²) in [6, 6.07) is 0. The topological polar surface area (TPSA) is 52.6 Å². The highest BCUT2D eigenvalue weighted by Gasteiger charge is 2.41. The molecule has 0 aromatic heterocycles. The molecule has 1 unspecified atom stereocenters. The zero-order valence-electron chi connectivity index (χ0n) is 10.5. The molecule has 0 aromatic carbocycles. The van der Waals surface area contributed by atoms with Gasteiger partial charge >= 0.3 is 0 Å². The molecule has 1 spiro atoms. The second kappa shape index (κ2) is 7.56. The predicted octanol–water partition coefficient (Wildman–Crippen LogP) is 2.10. The normalized spacial score (nSPS) is 26.1. The van der Waals surface area contributed by atoms with E-state index in [1.165, 1.54) is 0 Å². The SMILES string of the molecule is CCCC=O.O=CC1CCCC2(C1)OCCO2. The first-order valence-electron chi connectivity index (χ1n) is 6.43. The fourth-order valence-electron chi connectivity index (χ4n) is 2.23. The van der Waals surface area contributed by atoms with Gasteiger partial charge in [0.2, 0.25) is 0 Å². The second-order valence-electron chi connectivity index (χ2n) is 4.56. The molecule has 4 heteroatoms. The molecule has 1 heterocycles. The van der Waals surface area contributed by atoms with Crippen molar-refractivity contribution < 1.29 is 19.1 Å². The quantitative estimate of drug-likeness (QED) is 0.711. The van der Waals surface area contributed by atoms with E-state index in [0.29, 0.717) is 19.6 Å². The molecular weight excluding hydrogens is 220 g/mol. The summed E-state index contributed by atoms with van der Waals surface area (Å²) in [4.78, 5) is 20.0. The smallest absolute Gasteiger partial charge is 0.169 e. The average Bonchev–Trinajstić information content (AvgIpc) is 2.79. The van der Waals surface area contributed by atoms with Gasteiger partial charge in [-0.1, -0.05) is 6.92 Å². The molecule has 98 valence electrons. The lowest BCUT2D eigenvalue weighted by Gasteiger charge is -2.33.